The molecule has 0 saturated carbocycles. The smallest absolute Gasteiger partial charge is 0.315 e. The van der Waals surface area contributed by atoms with E-state index in [4.69, 9.17) is 0 Å². The Balaban J connectivity index is 0.000000671. The van der Waals surface area contributed by atoms with Crippen molar-refractivity contribution in [3.05, 3.63) is 59.0 Å². The van der Waals surface area contributed by atoms with Crippen molar-refractivity contribution in [3.8, 4) is 5.69 Å². The van der Waals surface area contributed by atoms with E-state index in [1.807, 2.05) is 52.0 Å². The van der Waals surface area contributed by atoms with Crippen LogP contribution in [0.4, 0.5) is 13.2 Å². The molecule has 0 aliphatic carbocycles. The fourth-order valence-corrected chi connectivity index (χ4v) is 2.41. The van der Waals surface area contributed by atoms with Gasteiger partial charge in [0.1, 0.15) is 5.69 Å². The van der Waals surface area contributed by atoms with Crippen molar-refractivity contribution in [3.63, 3.8) is 0 Å². The first kappa shape index (κ1) is 20.2. The van der Waals surface area contributed by atoms with Gasteiger partial charge < -0.3 is 4.57 Å². The number of fused-ring (bicyclic) bond motifs is 1. The van der Waals surface area contributed by atoms with E-state index in [1.54, 1.807) is 10.8 Å². The molecule has 2 nitrogen and oxygen atoms in total. The molecule has 0 aliphatic rings. The van der Waals surface area contributed by atoms with Gasteiger partial charge in [0.05, 0.1) is 17.4 Å². The Morgan fingerprint density at radius 1 is 0.958 bits per heavy atom. The van der Waals surface area contributed by atoms with E-state index in [2.05, 4.69) is 20.9 Å². The average molecular weight is 401 g/mol. The van der Waals surface area contributed by atoms with Crippen LogP contribution >= 0.6 is 15.9 Å². The van der Waals surface area contributed by atoms with Gasteiger partial charge in [-0.15, -0.1) is 0 Å². The van der Waals surface area contributed by atoms with Crippen LogP contribution in [0, 0.1) is 0 Å². The van der Waals surface area contributed by atoms with Crippen molar-refractivity contribution >= 4 is 26.8 Å². The normalized spacial score (nSPS) is 10.5. The molecule has 2 heterocycles. The second-order valence-electron chi connectivity index (χ2n) is 4.29. The Bertz CT molecular complexity index is 762. The number of hydrogen-bond acceptors (Lipinski definition) is 1. The number of halogens is 4. The summed E-state index contributed by atoms with van der Waals surface area (Å²) < 4.78 is 40.2. The van der Waals surface area contributed by atoms with Crippen LogP contribution in [-0.4, -0.2) is 9.55 Å². The molecule has 24 heavy (non-hydrogen) atoms. The maximum Gasteiger partial charge on any atom is 0.433 e. The molecule has 0 spiro atoms. The molecule has 0 saturated heterocycles. The van der Waals surface area contributed by atoms with Gasteiger partial charge in [0, 0.05) is 16.1 Å². The minimum atomic E-state index is -4.41. The number of pyridine rings is 1. The first-order chi connectivity index (χ1) is 11.4. The molecule has 0 atom stereocenters. The Hall–Kier alpha value is -1.82. The van der Waals surface area contributed by atoms with Crippen molar-refractivity contribution in [1.82, 2.24) is 9.55 Å². The van der Waals surface area contributed by atoms with Crippen LogP contribution in [0.1, 0.15) is 33.4 Å². The molecule has 130 valence electrons. The zero-order chi connectivity index (χ0) is 18.3. The summed E-state index contributed by atoms with van der Waals surface area (Å²) in [6.07, 6.45) is -1.38. The lowest BCUT2D eigenvalue weighted by Crippen LogP contribution is -2.08. The lowest BCUT2D eigenvalue weighted by molar-refractivity contribution is -0.141. The molecule has 0 fully saturated rings. The third-order valence-electron chi connectivity index (χ3n) is 2.97. The molecule has 0 aliphatic heterocycles. The first-order valence-corrected chi connectivity index (χ1v) is 8.55. The van der Waals surface area contributed by atoms with Crippen LogP contribution in [-0.2, 0) is 6.18 Å². The van der Waals surface area contributed by atoms with E-state index in [0.29, 0.717) is 5.69 Å². The zero-order valence-corrected chi connectivity index (χ0v) is 15.6. The summed E-state index contributed by atoms with van der Waals surface area (Å²) in [7, 11) is 0. The molecular formula is C18H20BrF3N2. The summed E-state index contributed by atoms with van der Waals surface area (Å²) in [6, 6.07) is 10.0. The number of benzene rings is 1. The van der Waals surface area contributed by atoms with E-state index < -0.39 is 11.9 Å². The third-order valence-corrected chi connectivity index (χ3v) is 3.46. The summed E-state index contributed by atoms with van der Waals surface area (Å²) in [4.78, 5) is 3.48. The van der Waals surface area contributed by atoms with Gasteiger partial charge in [-0.05, 0) is 36.4 Å². The highest BCUT2D eigenvalue weighted by atomic mass is 79.9. The minimum absolute atomic E-state index is 0.593. The van der Waals surface area contributed by atoms with Crippen LogP contribution in [0.3, 0.4) is 0 Å². The van der Waals surface area contributed by atoms with Crippen molar-refractivity contribution in [2.45, 2.75) is 33.9 Å². The van der Waals surface area contributed by atoms with Gasteiger partial charge in [-0.1, -0.05) is 43.6 Å². The number of nitrogens with zero attached hydrogens (tertiary/aromatic N) is 2. The van der Waals surface area contributed by atoms with E-state index >= 15 is 0 Å². The fourth-order valence-electron chi connectivity index (χ4n) is 2.03. The van der Waals surface area contributed by atoms with E-state index in [9.17, 15) is 13.2 Å². The molecule has 0 amide bonds. The Morgan fingerprint density at radius 3 is 2.17 bits per heavy atom. The SMILES string of the molecule is CC.CC.FC(F)(F)c1ccc(-n2ccc3cc(Br)ccc32)cn1. The van der Waals surface area contributed by atoms with Gasteiger partial charge >= 0.3 is 6.18 Å². The maximum atomic E-state index is 12.5. The highest BCUT2D eigenvalue weighted by molar-refractivity contribution is 9.10. The standard InChI is InChI=1S/C14H8BrF3N2.2C2H6/c15-10-1-3-12-9(7-10)5-6-20(12)11-2-4-13(19-8-11)14(16,17)18;2*1-2/h1-8H;2*1-2H3. The Morgan fingerprint density at radius 2 is 1.62 bits per heavy atom. The molecule has 3 rings (SSSR count). The molecule has 0 bridgehead atoms. The zero-order valence-electron chi connectivity index (χ0n) is 14.0. The summed E-state index contributed by atoms with van der Waals surface area (Å²) in [5.74, 6) is 0. The monoisotopic (exact) mass is 400 g/mol. The third kappa shape index (κ3) is 4.60. The Kier molecular flexibility index (Phi) is 7.48. The van der Waals surface area contributed by atoms with Crippen LogP contribution in [0.5, 0.6) is 0 Å². The molecule has 0 unspecified atom stereocenters. The number of rotatable bonds is 1. The van der Waals surface area contributed by atoms with Gasteiger partial charge in [-0.3, -0.25) is 0 Å². The van der Waals surface area contributed by atoms with Crippen LogP contribution in [0.15, 0.2) is 53.3 Å². The van der Waals surface area contributed by atoms with Crippen LogP contribution in [0.25, 0.3) is 16.6 Å². The molecule has 6 heteroatoms. The predicted octanol–water partition coefficient (Wildman–Crippen LogP) is 6.86. The van der Waals surface area contributed by atoms with Gasteiger partial charge in [0.15, 0.2) is 0 Å². The van der Waals surface area contributed by atoms with Crippen molar-refractivity contribution < 1.29 is 13.2 Å². The summed E-state index contributed by atoms with van der Waals surface area (Å²) in [5.41, 5.74) is 0.616. The maximum absolute atomic E-state index is 12.5. The quantitative estimate of drug-likeness (QED) is 0.436. The van der Waals surface area contributed by atoms with Crippen LogP contribution < -0.4 is 0 Å². The lowest BCUT2D eigenvalue weighted by atomic mass is 10.2. The summed E-state index contributed by atoms with van der Waals surface area (Å²) in [5, 5.41) is 0.999. The first-order valence-electron chi connectivity index (χ1n) is 7.75. The minimum Gasteiger partial charge on any atom is -0.315 e. The summed E-state index contributed by atoms with van der Waals surface area (Å²) >= 11 is 3.38. The highest BCUT2D eigenvalue weighted by Gasteiger charge is 2.32. The number of hydrogen-bond donors (Lipinski definition) is 0. The largest absolute Gasteiger partial charge is 0.433 e. The molecule has 0 radical (unpaired) electrons. The Labute approximate surface area is 148 Å². The number of alkyl halides is 3. The van der Waals surface area contributed by atoms with E-state index in [-0.39, 0.29) is 0 Å². The molecule has 1 aromatic carbocycles. The number of aromatic nitrogens is 2. The van der Waals surface area contributed by atoms with E-state index in [0.717, 1.165) is 21.4 Å². The van der Waals surface area contributed by atoms with Gasteiger partial charge in [-0.2, -0.15) is 13.2 Å². The van der Waals surface area contributed by atoms with Crippen molar-refractivity contribution in [2.75, 3.05) is 0 Å². The highest BCUT2D eigenvalue weighted by Crippen LogP contribution is 2.28. The average Bonchev–Trinajstić information content (AvgIpc) is 3.01. The second kappa shape index (κ2) is 8.87. The fraction of sp³-hybridized carbons (Fsp3) is 0.278. The molecular weight excluding hydrogens is 381 g/mol. The predicted molar refractivity (Wildman–Crippen MR) is 96.5 cm³/mol. The second-order valence-corrected chi connectivity index (χ2v) is 5.20. The summed E-state index contributed by atoms with van der Waals surface area (Å²) in [6.45, 7) is 8.00. The van der Waals surface area contributed by atoms with Crippen molar-refractivity contribution in [2.24, 2.45) is 0 Å². The van der Waals surface area contributed by atoms with E-state index in [1.165, 1.54) is 12.3 Å². The van der Waals surface area contributed by atoms with Gasteiger partial charge in [0.2, 0.25) is 0 Å². The topological polar surface area (TPSA) is 17.8 Å². The van der Waals surface area contributed by atoms with Gasteiger partial charge in [-0.25, -0.2) is 4.98 Å². The molecule has 3 aromatic rings. The van der Waals surface area contributed by atoms with Gasteiger partial charge in [0.25, 0.3) is 0 Å². The molecule has 0 N–H and O–H groups in total. The lowest BCUT2D eigenvalue weighted by Gasteiger charge is -2.08. The van der Waals surface area contributed by atoms with Crippen molar-refractivity contribution in [1.29, 1.82) is 0 Å². The van der Waals surface area contributed by atoms with Crippen LogP contribution in [0.2, 0.25) is 0 Å². The molecule has 2 aromatic heterocycles.